The van der Waals surface area contributed by atoms with Crippen molar-refractivity contribution in [2.24, 2.45) is 5.92 Å². The number of hydrogen-bond acceptors (Lipinski definition) is 1. The number of thioether (sulfide) groups is 1. The summed E-state index contributed by atoms with van der Waals surface area (Å²) in [7, 11) is 0. The van der Waals surface area contributed by atoms with Crippen LogP contribution in [0, 0.1) is 5.92 Å². The Morgan fingerprint density at radius 2 is 2.25 bits per heavy atom. The fraction of sp³-hybridized carbons (Fsp3) is 0.714. The molecule has 0 spiro atoms. The first-order valence-corrected chi connectivity index (χ1v) is 4.05. The van der Waals surface area contributed by atoms with Crippen LogP contribution in [-0.2, 0) is 0 Å². The first kappa shape index (κ1) is 6.21. The summed E-state index contributed by atoms with van der Waals surface area (Å²) in [6, 6.07) is 0. The van der Waals surface area contributed by atoms with Gasteiger partial charge in [-0.15, -0.1) is 11.8 Å². The second kappa shape index (κ2) is 2.58. The summed E-state index contributed by atoms with van der Waals surface area (Å²) in [6.07, 6.45) is 3.53. The van der Waals surface area contributed by atoms with Gasteiger partial charge >= 0.3 is 0 Å². The van der Waals surface area contributed by atoms with E-state index in [4.69, 9.17) is 0 Å². The maximum atomic E-state index is 2.31. The normalized spacial score (nSPS) is 37.8. The molecule has 0 saturated heterocycles. The fourth-order valence-electron chi connectivity index (χ4n) is 0.775. The maximum absolute atomic E-state index is 2.31. The van der Waals surface area contributed by atoms with Crippen LogP contribution < -0.4 is 0 Å². The molecular weight excluding hydrogens is 116 g/mol. The van der Waals surface area contributed by atoms with Crippen molar-refractivity contribution >= 4 is 11.8 Å². The molecule has 1 heteroatoms. The van der Waals surface area contributed by atoms with Gasteiger partial charge in [0.25, 0.3) is 0 Å². The van der Waals surface area contributed by atoms with Crippen molar-refractivity contribution in [2.45, 2.75) is 25.5 Å². The van der Waals surface area contributed by atoms with Crippen LogP contribution in [-0.4, -0.2) is 5.25 Å². The first-order chi connectivity index (χ1) is 3.80. The zero-order valence-corrected chi connectivity index (χ0v) is 6.24. The molecule has 0 radical (unpaired) electrons. The highest BCUT2D eigenvalue weighted by molar-refractivity contribution is 8.02. The third-order valence-corrected chi connectivity index (χ3v) is 2.94. The molecule has 2 unspecified atom stereocenters. The Labute approximate surface area is 55.4 Å². The van der Waals surface area contributed by atoms with E-state index in [9.17, 15) is 0 Å². The lowest BCUT2D eigenvalue weighted by atomic mass is 10.1. The molecule has 1 aliphatic heterocycles. The summed E-state index contributed by atoms with van der Waals surface area (Å²) in [5.74, 6) is 0.880. The van der Waals surface area contributed by atoms with Crippen molar-refractivity contribution < 1.29 is 0 Å². The largest absolute Gasteiger partial charge is 0.131 e. The molecule has 0 aromatic rings. The lowest BCUT2D eigenvalue weighted by Gasteiger charge is -2.19. The molecule has 0 aromatic carbocycles. The number of rotatable bonds is 0. The smallest absolute Gasteiger partial charge is 0.00886 e. The van der Waals surface area contributed by atoms with E-state index in [1.165, 1.54) is 6.42 Å². The highest BCUT2D eigenvalue weighted by atomic mass is 32.2. The average Bonchev–Trinajstić information content (AvgIpc) is 1.77. The van der Waals surface area contributed by atoms with E-state index in [1.54, 1.807) is 0 Å². The lowest BCUT2D eigenvalue weighted by Crippen LogP contribution is -2.10. The van der Waals surface area contributed by atoms with Crippen molar-refractivity contribution in [1.29, 1.82) is 0 Å². The van der Waals surface area contributed by atoms with E-state index in [2.05, 4.69) is 25.3 Å². The van der Waals surface area contributed by atoms with Crippen LogP contribution in [0.4, 0.5) is 0 Å². The van der Waals surface area contributed by atoms with Crippen LogP contribution >= 0.6 is 11.8 Å². The minimum Gasteiger partial charge on any atom is -0.131 e. The highest BCUT2D eigenvalue weighted by Crippen LogP contribution is 2.27. The van der Waals surface area contributed by atoms with Crippen LogP contribution in [0.2, 0.25) is 0 Å². The second-order valence-electron chi connectivity index (χ2n) is 2.43. The molecule has 0 aromatic heterocycles. The van der Waals surface area contributed by atoms with E-state index in [0.717, 1.165) is 11.2 Å². The lowest BCUT2D eigenvalue weighted by molar-refractivity contribution is 0.583. The van der Waals surface area contributed by atoms with E-state index in [-0.39, 0.29) is 0 Å². The van der Waals surface area contributed by atoms with Crippen LogP contribution in [0.1, 0.15) is 20.3 Å². The molecule has 1 heterocycles. The van der Waals surface area contributed by atoms with Gasteiger partial charge in [-0.25, -0.2) is 0 Å². The fourth-order valence-corrected chi connectivity index (χ4v) is 1.62. The van der Waals surface area contributed by atoms with Gasteiger partial charge in [-0.1, -0.05) is 19.9 Å². The molecule has 46 valence electrons. The number of hydrogen-bond donors (Lipinski definition) is 0. The van der Waals surface area contributed by atoms with Gasteiger partial charge in [0, 0.05) is 5.25 Å². The first-order valence-electron chi connectivity index (χ1n) is 3.11. The van der Waals surface area contributed by atoms with Crippen molar-refractivity contribution in [2.75, 3.05) is 0 Å². The molecule has 0 bridgehead atoms. The molecule has 2 atom stereocenters. The monoisotopic (exact) mass is 128 g/mol. The summed E-state index contributed by atoms with van der Waals surface area (Å²) in [5.41, 5.74) is 0. The predicted octanol–water partition coefficient (Wildman–Crippen LogP) is 2.66. The SMILES string of the molecule is CC1CC=CSC1C. The summed E-state index contributed by atoms with van der Waals surface area (Å²) in [6.45, 7) is 4.60. The zero-order valence-electron chi connectivity index (χ0n) is 5.42. The van der Waals surface area contributed by atoms with Gasteiger partial charge in [-0.05, 0) is 17.7 Å². The quantitative estimate of drug-likeness (QED) is 0.483. The van der Waals surface area contributed by atoms with Crippen molar-refractivity contribution in [1.82, 2.24) is 0 Å². The van der Waals surface area contributed by atoms with Gasteiger partial charge in [-0.2, -0.15) is 0 Å². The van der Waals surface area contributed by atoms with Gasteiger partial charge in [0.05, 0.1) is 0 Å². The van der Waals surface area contributed by atoms with Crippen LogP contribution in [0.3, 0.4) is 0 Å². The zero-order chi connectivity index (χ0) is 5.98. The minimum absolute atomic E-state index is 0.833. The molecule has 1 rings (SSSR count). The highest BCUT2D eigenvalue weighted by Gasteiger charge is 2.12. The van der Waals surface area contributed by atoms with E-state index in [0.29, 0.717) is 0 Å². The van der Waals surface area contributed by atoms with Crippen LogP contribution in [0.25, 0.3) is 0 Å². The van der Waals surface area contributed by atoms with E-state index < -0.39 is 0 Å². The van der Waals surface area contributed by atoms with Crippen molar-refractivity contribution in [3.05, 3.63) is 11.5 Å². The van der Waals surface area contributed by atoms with Gasteiger partial charge in [0.2, 0.25) is 0 Å². The van der Waals surface area contributed by atoms with Gasteiger partial charge in [-0.3, -0.25) is 0 Å². The molecule has 0 amide bonds. The molecule has 0 N–H and O–H groups in total. The van der Waals surface area contributed by atoms with Crippen LogP contribution in [0.5, 0.6) is 0 Å². The van der Waals surface area contributed by atoms with Gasteiger partial charge in [0.1, 0.15) is 0 Å². The molecule has 8 heavy (non-hydrogen) atoms. The summed E-state index contributed by atoms with van der Waals surface area (Å²) in [4.78, 5) is 0. The van der Waals surface area contributed by atoms with Gasteiger partial charge in [0.15, 0.2) is 0 Å². The topological polar surface area (TPSA) is 0 Å². The predicted molar refractivity (Wildman–Crippen MR) is 40.0 cm³/mol. The molecule has 0 saturated carbocycles. The Kier molecular flexibility index (Phi) is 2.01. The average molecular weight is 128 g/mol. The summed E-state index contributed by atoms with van der Waals surface area (Å²) < 4.78 is 0. The Bertz CT molecular complexity index is 84.6. The van der Waals surface area contributed by atoms with Crippen molar-refractivity contribution in [3.8, 4) is 0 Å². The Balaban J connectivity index is 2.44. The van der Waals surface area contributed by atoms with Crippen LogP contribution in [0.15, 0.2) is 11.5 Å². The second-order valence-corrected chi connectivity index (χ2v) is 3.71. The Hall–Kier alpha value is 0.0900. The van der Waals surface area contributed by atoms with Crippen molar-refractivity contribution in [3.63, 3.8) is 0 Å². The number of allylic oxidation sites excluding steroid dienone is 1. The minimum atomic E-state index is 0.833. The third kappa shape index (κ3) is 1.28. The molecule has 0 fully saturated rings. The Morgan fingerprint density at radius 3 is 2.62 bits per heavy atom. The third-order valence-electron chi connectivity index (χ3n) is 1.70. The van der Waals surface area contributed by atoms with E-state index >= 15 is 0 Å². The standard InChI is InChI=1S/C7H12S/c1-6-4-3-5-8-7(6)2/h3,5-7H,4H2,1-2H3. The van der Waals surface area contributed by atoms with Gasteiger partial charge < -0.3 is 0 Å². The Morgan fingerprint density at radius 1 is 1.50 bits per heavy atom. The summed E-state index contributed by atoms with van der Waals surface area (Å²) >= 11 is 1.95. The summed E-state index contributed by atoms with van der Waals surface area (Å²) in [5, 5.41) is 3.05. The molecular formula is C7H12S. The molecule has 0 nitrogen and oxygen atoms in total. The maximum Gasteiger partial charge on any atom is 0.00886 e. The van der Waals surface area contributed by atoms with E-state index in [1.807, 2.05) is 11.8 Å². The molecule has 1 aliphatic rings. The molecule has 0 aliphatic carbocycles.